The predicted molar refractivity (Wildman–Crippen MR) is 55.7 cm³/mol. The van der Waals surface area contributed by atoms with Gasteiger partial charge in [0.1, 0.15) is 11.5 Å². The SMILES string of the molecule is O=C1[C@@H]2[C@H]3C[C@@H]4[C@H]5[C@H]3[C@H]1[C@@](F)([C@@H]42)[C@@H]5I. The van der Waals surface area contributed by atoms with Gasteiger partial charge in [-0.3, -0.25) is 4.79 Å². The number of ketones is 1. The van der Waals surface area contributed by atoms with E-state index in [0.717, 1.165) is 0 Å². The molecule has 6 aliphatic rings. The molecule has 6 bridgehead atoms. The molecule has 9 atom stereocenters. The largest absolute Gasteiger partial charge is 0.299 e. The fraction of sp³-hybridized carbons (Fsp3) is 0.909. The Bertz CT molecular complexity index is 395. The summed E-state index contributed by atoms with van der Waals surface area (Å²) in [6.07, 6.45) is 1.18. The minimum absolute atomic E-state index is 0.155. The Labute approximate surface area is 94.9 Å². The first kappa shape index (κ1) is 7.58. The van der Waals surface area contributed by atoms with Crippen LogP contribution in [-0.4, -0.2) is 15.4 Å². The molecule has 14 heavy (non-hydrogen) atoms. The highest BCUT2D eigenvalue weighted by molar-refractivity contribution is 14.1. The lowest BCUT2D eigenvalue weighted by Gasteiger charge is -2.35. The summed E-state index contributed by atoms with van der Waals surface area (Å²) >= 11 is 2.30. The van der Waals surface area contributed by atoms with Gasteiger partial charge < -0.3 is 0 Å². The second-order valence-electron chi connectivity index (χ2n) is 5.88. The average Bonchev–Trinajstić information content (AvgIpc) is 2.81. The van der Waals surface area contributed by atoms with Gasteiger partial charge in [0.2, 0.25) is 0 Å². The van der Waals surface area contributed by atoms with E-state index in [-0.39, 0.29) is 21.7 Å². The molecular weight excluding hydrogens is 294 g/mol. The number of alkyl halides is 2. The molecule has 0 aromatic heterocycles. The molecule has 0 N–H and O–H groups in total. The van der Waals surface area contributed by atoms with Crippen LogP contribution in [0.5, 0.6) is 0 Å². The average molecular weight is 304 g/mol. The Kier molecular flexibility index (Phi) is 0.931. The van der Waals surface area contributed by atoms with Crippen molar-refractivity contribution >= 4 is 28.4 Å². The summed E-state index contributed by atoms with van der Waals surface area (Å²) in [6.45, 7) is 0. The number of hydrogen-bond donors (Lipinski definition) is 0. The van der Waals surface area contributed by atoms with Gasteiger partial charge in [-0.1, -0.05) is 22.6 Å². The molecule has 6 aliphatic carbocycles. The lowest BCUT2D eigenvalue weighted by molar-refractivity contribution is -0.122. The minimum atomic E-state index is -1.06. The third-order valence-corrected chi connectivity index (χ3v) is 7.84. The minimum Gasteiger partial charge on any atom is -0.299 e. The molecule has 1 nitrogen and oxygen atoms in total. The summed E-state index contributed by atoms with van der Waals surface area (Å²) in [5, 5.41) is 0. The summed E-state index contributed by atoms with van der Waals surface area (Å²) in [5.41, 5.74) is -1.06. The molecule has 3 heteroatoms. The lowest BCUT2D eigenvalue weighted by atomic mass is 9.70. The highest BCUT2D eigenvalue weighted by Crippen LogP contribution is 2.84. The van der Waals surface area contributed by atoms with Gasteiger partial charge >= 0.3 is 0 Å². The Morgan fingerprint density at radius 2 is 2.14 bits per heavy atom. The van der Waals surface area contributed by atoms with Crippen molar-refractivity contribution < 1.29 is 9.18 Å². The summed E-state index contributed by atoms with van der Waals surface area (Å²) in [6, 6.07) is 0. The molecule has 0 aliphatic heterocycles. The summed E-state index contributed by atoms with van der Waals surface area (Å²) in [5.74, 6) is 2.71. The van der Waals surface area contributed by atoms with Crippen LogP contribution in [0.25, 0.3) is 0 Å². The van der Waals surface area contributed by atoms with E-state index in [1.54, 1.807) is 0 Å². The van der Waals surface area contributed by atoms with Gasteiger partial charge in [-0.2, -0.15) is 0 Å². The lowest BCUT2D eigenvalue weighted by Crippen LogP contribution is -2.42. The first-order chi connectivity index (χ1) is 6.67. The molecule has 74 valence electrons. The second kappa shape index (κ2) is 1.72. The molecule has 6 fully saturated rings. The van der Waals surface area contributed by atoms with Crippen LogP contribution in [0.3, 0.4) is 0 Å². The second-order valence-corrected chi connectivity index (χ2v) is 7.22. The van der Waals surface area contributed by atoms with Crippen molar-refractivity contribution in [1.82, 2.24) is 0 Å². The maximum absolute atomic E-state index is 14.9. The van der Waals surface area contributed by atoms with E-state index >= 15 is 0 Å². The van der Waals surface area contributed by atoms with Crippen molar-refractivity contribution in [2.45, 2.75) is 16.0 Å². The molecule has 0 unspecified atom stereocenters. The van der Waals surface area contributed by atoms with E-state index in [0.29, 0.717) is 29.5 Å². The third-order valence-electron chi connectivity index (χ3n) is 6.06. The number of halogens is 2. The fourth-order valence-corrected chi connectivity index (χ4v) is 7.96. The molecule has 0 amide bonds. The smallest absolute Gasteiger partial charge is 0.143 e. The quantitative estimate of drug-likeness (QED) is 0.493. The van der Waals surface area contributed by atoms with Gasteiger partial charge in [0.05, 0.1) is 5.92 Å². The predicted octanol–water partition coefficient (Wildman–Crippen LogP) is 1.84. The zero-order valence-corrected chi connectivity index (χ0v) is 9.65. The molecule has 0 radical (unpaired) electrons. The van der Waals surface area contributed by atoms with Crippen LogP contribution in [0.4, 0.5) is 4.39 Å². The molecule has 6 saturated carbocycles. The van der Waals surface area contributed by atoms with Crippen molar-refractivity contribution in [1.29, 1.82) is 0 Å². The highest BCUT2D eigenvalue weighted by Gasteiger charge is 2.90. The van der Waals surface area contributed by atoms with E-state index < -0.39 is 5.67 Å². The first-order valence-corrected chi connectivity index (χ1v) is 6.78. The maximum atomic E-state index is 14.9. The summed E-state index contributed by atoms with van der Waals surface area (Å²) in [4.78, 5) is 12.0. The number of hydrogen-bond acceptors (Lipinski definition) is 1. The van der Waals surface area contributed by atoms with Gasteiger partial charge in [0, 0.05) is 15.8 Å². The molecule has 6 rings (SSSR count). The Morgan fingerprint density at radius 3 is 2.86 bits per heavy atom. The van der Waals surface area contributed by atoms with Crippen LogP contribution >= 0.6 is 22.6 Å². The Hall–Kier alpha value is 0.330. The molecular formula is C11H10FIO. The summed E-state index contributed by atoms with van der Waals surface area (Å²) in [7, 11) is 0. The molecule has 0 aromatic rings. The number of Topliss-reactive ketones (excluding diaryl/α,β-unsaturated/α-hetero) is 1. The van der Waals surface area contributed by atoms with Crippen molar-refractivity contribution in [2.75, 3.05) is 0 Å². The van der Waals surface area contributed by atoms with E-state index in [1.807, 2.05) is 0 Å². The number of carbonyl (C=O) groups is 1. The zero-order valence-electron chi connectivity index (χ0n) is 7.49. The van der Waals surface area contributed by atoms with Crippen LogP contribution in [-0.2, 0) is 4.79 Å². The zero-order chi connectivity index (χ0) is 9.40. The molecule has 0 spiro atoms. The van der Waals surface area contributed by atoms with Gasteiger partial charge in [-0.25, -0.2) is 4.39 Å². The Balaban J connectivity index is 1.92. The van der Waals surface area contributed by atoms with Crippen LogP contribution < -0.4 is 0 Å². The molecule has 0 saturated heterocycles. The van der Waals surface area contributed by atoms with E-state index in [9.17, 15) is 9.18 Å². The molecule has 0 heterocycles. The Morgan fingerprint density at radius 1 is 1.36 bits per heavy atom. The van der Waals surface area contributed by atoms with Crippen LogP contribution in [0.2, 0.25) is 0 Å². The van der Waals surface area contributed by atoms with Gasteiger partial charge in [-0.15, -0.1) is 0 Å². The monoisotopic (exact) mass is 304 g/mol. The van der Waals surface area contributed by atoms with E-state index in [4.69, 9.17) is 0 Å². The van der Waals surface area contributed by atoms with E-state index in [2.05, 4.69) is 22.6 Å². The van der Waals surface area contributed by atoms with Crippen LogP contribution in [0, 0.1) is 41.4 Å². The van der Waals surface area contributed by atoms with Crippen molar-refractivity contribution in [2.24, 2.45) is 41.4 Å². The standard InChI is InChI=1S/C11H10FIO/c12-11-7-3-1-2-4(5(3)10(11)13)8(11)9(14)6(2)7/h2-8,10H,1H2/t2-,3+,4-,5-,6+,7-,8+,10+,11-/m0/s1. The maximum Gasteiger partial charge on any atom is 0.143 e. The van der Waals surface area contributed by atoms with E-state index in [1.165, 1.54) is 6.42 Å². The number of rotatable bonds is 0. The summed E-state index contributed by atoms with van der Waals surface area (Å²) < 4.78 is 15.1. The van der Waals surface area contributed by atoms with Gasteiger partial charge in [0.15, 0.2) is 0 Å². The van der Waals surface area contributed by atoms with Crippen LogP contribution in [0.15, 0.2) is 0 Å². The van der Waals surface area contributed by atoms with Gasteiger partial charge in [0.25, 0.3) is 0 Å². The van der Waals surface area contributed by atoms with Crippen molar-refractivity contribution in [3.8, 4) is 0 Å². The van der Waals surface area contributed by atoms with Crippen molar-refractivity contribution in [3.05, 3.63) is 0 Å². The normalized spacial score (nSPS) is 80.3. The number of carbonyl (C=O) groups excluding carboxylic acids is 1. The fourth-order valence-electron chi connectivity index (χ4n) is 6.14. The third kappa shape index (κ3) is 0.407. The van der Waals surface area contributed by atoms with Gasteiger partial charge in [-0.05, 0) is 30.1 Å². The van der Waals surface area contributed by atoms with Crippen LogP contribution in [0.1, 0.15) is 6.42 Å². The highest BCUT2D eigenvalue weighted by atomic mass is 127. The molecule has 0 aromatic carbocycles. The first-order valence-electron chi connectivity index (χ1n) is 5.54. The van der Waals surface area contributed by atoms with Crippen molar-refractivity contribution in [3.63, 3.8) is 0 Å². The topological polar surface area (TPSA) is 17.1 Å².